The van der Waals surface area contributed by atoms with Gasteiger partial charge in [0.05, 0.1) is 37.6 Å². The van der Waals surface area contributed by atoms with Crippen LogP contribution in [0.2, 0.25) is 0 Å². The average Bonchev–Trinajstić information content (AvgIpc) is 3.11. The smallest absolute Gasteiger partial charge is 0.246 e. The Morgan fingerprint density at radius 3 is 2.89 bits per heavy atom. The molecular formula is C19H22N6O3. The summed E-state index contributed by atoms with van der Waals surface area (Å²) in [6, 6.07) is 5.63. The number of hydrogen-bond acceptors (Lipinski definition) is 7. The maximum absolute atomic E-state index is 12.6. The fraction of sp³-hybridized carbons (Fsp3) is 0.368. The van der Waals surface area contributed by atoms with Crippen molar-refractivity contribution in [3.8, 4) is 5.75 Å². The number of carbonyl (C=O) groups is 1. The van der Waals surface area contributed by atoms with Crippen LogP contribution in [0.4, 0.5) is 11.5 Å². The number of aromatic nitrogens is 4. The fourth-order valence-electron chi connectivity index (χ4n) is 3.27. The van der Waals surface area contributed by atoms with Gasteiger partial charge in [-0.3, -0.25) is 4.79 Å². The molecule has 3 heterocycles. The quantitative estimate of drug-likeness (QED) is 0.716. The molecule has 1 saturated heterocycles. The first kappa shape index (κ1) is 18.2. The van der Waals surface area contributed by atoms with E-state index in [1.165, 1.54) is 6.33 Å². The third kappa shape index (κ3) is 3.61. The van der Waals surface area contributed by atoms with Crippen molar-refractivity contribution in [3.63, 3.8) is 0 Å². The van der Waals surface area contributed by atoms with Crippen LogP contribution in [0.25, 0.3) is 11.0 Å². The molecule has 1 N–H and O–H groups in total. The van der Waals surface area contributed by atoms with E-state index in [-0.39, 0.29) is 12.5 Å². The van der Waals surface area contributed by atoms with Gasteiger partial charge in [-0.1, -0.05) is 6.07 Å². The van der Waals surface area contributed by atoms with Crippen molar-refractivity contribution in [1.29, 1.82) is 0 Å². The molecule has 9 heteroatoms. The molecule has 28 heavy (non-hydrogen) atoms. The van der Waals surface area contributed by atoms with Gasteiger partial charge in [0.2, 0.25) is 5.91 Å². The van der Waals surface area contributed by atoms with Crippen LogP contribution < -0.4 is 15.0 Å². The lowest BCUT2D eigenvalue weighted by Crippen LogP contribution is -2.36. The normalized spacial score (nSPS) is 14.3. The fourth-order valence-corrected chi connectivity index (χ4v) is 3.27. The number of fused-ring (bicyclic) bond motifs is 1. The number of ether oxygens (including phenoxy) is 2. The van der Waals surface area contributed by atoms with E-state index in [1.807, 2.05) is 25.1 Å². The highest BCUT2D eigenvalue weighted by Crippen LogP contribution is 2.26. The third-order valence-electron chi connectivity index (χ3n) is 4.65. The number of amides is 1. The zero-order valence-electron chi connectivity index (χ0n) is 15.9. The molecule has 1 aliphatic heterocycles. The Hall–Kier alpha value is -3.20. The predicted molar refractivity (Wildman–Crippen MR) is 105 cm³/mol. The van der Waals surface area contributed by atoms with Crippen molar-refractivity contribution in [2.24, 2.45) is 0 Å². The SMILES string of the molecule is COc1ccc(C)cc1NC(=O)Cn1ncc2c(N3CCOCC3)ncnc21. The summed E-state index contributed by atoms with van der Waals surface area (Å²) in [6.45, 7) is 4.87. The van der Waals surface area contributed by atoms with Crippen LogP contribution in [-0.4, -0.2) is 59.1 Å². The van der Waals surface area contributed by atoms with Crippen molar-refractivity contribution in [2.45, 2.75) is 13.5 Å². The van der Waals surface area contributed by atoms with Crippen molar-refractivity contribution in [2.75, 3.05) is 43.6 Å². The molecule has 9 nitrogen and oxygen atoms in total. The Morgan fingerprint density at radius 1 is 1.29 bits per heavy atom. The van der Waals surface area contributed by atoms with Crippen molar-refractivity contribution < 1.29 is 14.3 Å². The molecule has 1 amide bonds. The molecule has 1 aliphatic rings. The molecular weight excluding hydrogens is 360 g/mol. The molecule has 0 saturated carbocycles. The molecule has 2 aromatic heterocycles. The highest BCUT2D eigenvalue weighted by atomic mass is 16.5. The first-order chi connectivity index (χ1) is 13.7. The molecule has 3 aromatic rings. The minimum atomic E-state index is -0.208. The van der Waals surface area contributed by atoms with E-state index < -0.39 is 0 Å². The molecule has 0 spiro atoms. The summed E-state index contributed by atoms with van der Waals surface area (Å²) < 4.78 is 12.3. The number of nitrogens with one attached hydrogen (secondary N) is 1. The highest BCUT2D eigenvalue weighted by molar-refractivity contribution is 5.93. The molecule has 146 valence electrons. The number of anilines is 2. The summed E-state index contributed by atoms with van der Waals surface area (Å²) in [5.74, 6) is 1.22. The first-order valence-electron chi connectivity index (χ1n) is 9.09. The van der Waals surface area contributed by atoms with E-state index >= 15 is 0 Å². The highest BCUT2D eigenvalue weighted by Gasteiger charge is 2.19. The van der Waals surface area contributed by atoms with Crippen LogP contribution >= 0.6 is 0 Å². The number of rotatable bonds is 5. The lowest BCUT2D eigenvalue weighted by molar-refractivity contribution is -0.116. The van der Waals surface area contributed by atoms with Gasteiger partial charge in [-0.25, -0.2) is 14.6 Å². The van der Waals surface area contributed by atoms with Gasteiger partial charge in [0.1, 0.15) is 24.4 Å². The van der Waals surface area contributed by atoms with E-state index in [9.17, 15) is 4.79 Å². The summed E-state index contributed by atoms with van der Waals surface area (Å²) >= 11 is 0. The van der Waals surface area contributed by atoms with Crippen molar-refractivity contribution >= 4 is 28.4 Å². The van der Waals surface area contributed by atoms with Gasteiger partial charge in [-0.2, -0.15) is 5.10 Å². The zero-order chi connectivity index (χ0) is 19.5. The Labute approximate surface area is 162 Å². The number of hydrogen-bond donors (Lipinski definition) is 1. The van der Waals surface area contributed by atoms with Crippen LogP contribution in [-0.2, 0) is 16.1 Å². The van der Waals surface area contributed by atoms with Crippen LogP contribution in [0.5, 0.6) is 5.75 Å². The van der Waals surface area contributed by atoms with E-state index in [2.05, 4.69) is 25.3 Å². The molecule has 1 fully saturated rings. The summed E-state index contributed by atoms with van der Waals surface area (Å²) in [5.41, 5.74) is 2.29. The Balaban J connectivity index is 1.55. The number of carbonyl (C=O) groups excluding carboxylic acids is 1. The second-order valence-corrected chi connectivity index (χ2v) is 6.59. The lowest BCUT2D eigenvalue weighted by atomic mass is 10.2. The third-order valence-corrected chi connectivity index (χ3v) is 4.65. The summed E-state index contributed by atoms with van der Waals surface area (Å²) in [4.78, 5) is 23.5. The van der Waals surface area contributed by atoms with E-state index in [1.54, 1.807) is 18.0 Å². The zero-order valence-corrected chi connectivity index (χ0v) is 15.9. The number of morpholine rings is 1. The van der Waals surface area contributed by atoms with E-state index in [0.717, 1.165) is 29.9 Å². The second kappa shape index (κ2) is 7.81. The molecule has 0 bridgehead atoms. The molecule has 0 atom stereocenters. The molecule has 0 unspecified atom stereocenters. The van der Waals surface area contributed by atoms with Gasteiger partial charge in [0, 0.05) is 13.1 Å². The van der Waals surface area contributed by atoms with E-state index in [0.29, 0.717) is 30.3 Å². The van der Waals surface area contributed by atoms with Crippen molar-refractivity contribution in [3.05, 3.63) is 36.3 Å². The standard InChI is InChI=1S/C19H22N6O3/c1-13-3-4-16(27-2)15(9-13)23-17(26)11-25-19-14(10-22-25)18(20-12-21-19)24-5-7-28-8-6-24/h3-4,9-10,12H,5-8,11H2,1-2H3,(H,23,26). The van der Waals surface area contributed by atoms with Gasteiger partial charge in [0.15, 0.2) is 5.65 Å². The first-order valence-corrected chi connectivity index (χ1v) is 9.09. The largest absolute Gasteiger partial charge is 0.495 e. The minimum absolute atomic E-state index is 0.0418. The van der Waals surface area contributed by atoms with Crippen LogP contribution in [0.3, 0.4) is 0 Å². The van der Waals surface area contributed by atoms with Gasteiger partial charge in [-0.15, -0.1) is 0 Å². The second-order valence-electron chi connectivity index (χ2n) is 6.59. The maximum Gasteiger partial charge on any atom is 0.246 e. The summed E-state index contributed by atoms with van der Waals surface area (Å²) in [7, 11) is 1.57. The monoisotopic (exact) mass is 382 g/mol. The summed E-state index contributed by atoms with van der Waals surface area (Å²) in [6.07, 6.45) is 3.22. The minimum Gasteiger partial charge on any atom is -0.495 e. The molecule has 0 radical (unpaired) electrons. The number of benzene rings is 1. The summed E-state index contributed by atoms with van der Waals surface area (Å²) in [5, 5.41) is 8.07. The molecule has 1 aromatic carbocycles. The van der Waals surface area contributed by atoms with Crippen molar-refractivity contribution in [1.82, 2.24) is 19.7 Å². The number of methoxy groups -OCH3 is 1. The molecule has 0 aliphatic carbocycles. The number of aryl methyl sites for hydroxylation is 1. The maximum atomic E-state index is 12.6. The van der Waals surface area contributed by atoms with Crippen LogP contribution in [0.15, 0.2) is 30.7 Å². The van der Waals surface area contributed by atoms with Crippen LogP contribution in [0, 0.1) is 6.92 Å². The van der Waals surface area contributed by atoms with Gasteiger partial charge in [-0.05, 0) is 24.6 Å². The Bertz CT molecular complexity index is 996. The molecule has 4 rings (SSSR count). The predicted octanol–water partition coefficient (Wildman–Crippen LogP) is 1.62. The van der Waals surface area contributed by atoms with Gasteiger partial charge < -0.3 is 19.7 Å². The van der Waals surface area contributed by atoms with E-state index in [4.69, 9.17) is 9.47 Å². The van der Waals surface area contributed by atoms with Gasteiger partial charge >= 0.3 is 0 Å². The van der Waals surface area contributed by atoms with Crippen LogP contribution in [0.1, 0.15) is 5.56 Å². The van der Waals surface area contributed by atoms with Gasteiger partial charge in [0.25, 0.3) is 0 Å². The Morgan fingerprint density at radius 2 is 2.11 bits per heavy atom. The average molecular weight is 382 g/mol. The Kier molecular flexibility index (Phi) is 5.07. The number of nitrogens with zero attached hydrogens (tertiary/aromatic N) is 5. The topological polar surface area (TPSA) is 94.4 Å². The lowest BCUT2D eigenvalue weighted by Gasteiger charge is -2.27.